The SMILES string of the molecule is CC(C)c1ccc(C2C(=C(O)c3ccc(F)cc3)C(=O)C(=O)N2CCC[NH+]2CCOCC2)cc1. The third kappa shape index (κ3) is 5.05. The maximum absolute atomic E-state index is 13.4. The minimum atomic E-state index is -0.710. The van der Waals surface area contributed by atoms with E-state index in [0.29, 0.717) is 18.0 Å². The smallest absolute Gasteiger partial charge is 0.295 e. The number of carbonyl (C=O) groups is 2. The van der Waals surface area contributed by atoms with Crippen molar-refractivity contribution in [2.75, 3.05) is 39.4 Å². The number of morpholine rings is 1. The molecule has 0 spiro atoms. The second-order valence-electron chi connectivity index (χ2n) is 9.29. The van der Waals surface area contributed by atoms with Crippen molar-refractivity contribution in [2.45, 2.75) is 32.2 Å². The van der Waals surface area contributed by atoms with E-state index in [4.69, 9.17) is 4.74 Å². The quantitative estimate of drug-likeness (QED) is 0.373. The summed E-state index contributed by atoms with van der Waals surface area (Å²) in [6, 6.07) is 12.4. The van der Waals surface area contributed by atoms with Gasteiger partial charge in [-0.05, 0) is 41.3 Å². The van der Waals surface area contributed by atoms with Crippen LogP contribution in [0.1, 0.15) is 48.9 Å². The molecule has 7 heteroatoms. The maximum Gasteiger partial charge on any atom is 0.295 e. The summed E-state index contributed by atoms with van der Waals surface area (Å²) in [6.45, 7) is 8.83. The number of amides is 1. The number of carbonyl (C=O) groups excluding carboxylic acids is 2. The van der Waals surface area contributed by atoms with Gasteiger partial charge in [-0.15, -0.1) is 0 Å². The molecule has 2 aromatic rings. The molecule has 2 aromatic carbocycles. The Balaban J connectivity index is 1.67. The van der Waals surface area contributed by atoms with Crippen LogP contribution in [0.25, 0.3) is 5.76 Å². The number of quaternary nitrogens is 1. The fraction of sp³-hybridized carbons (Fsp3) is 0.407. The van der Waals surface area contributed by atoms with E-state index in [1.54, 1.807) is 4.90 Å². The number of Topliss-reactive ketones (excluding diaryl/α,β-unsaturated/α-hetero) is 1. The Morgan fingerprint density at radius 3 is 2.35 bits per heavy atom. The zero-order valence-electron chi connectivity index (χ0n) is 19.7. The Kier molecular flexibility index (Phi) is 7.44. The lowest BCUT2D eigenvalue weighted by Crippen LogP contribution is -3.14. The Morgan fingerprint density at radius 2 is 1.74 bits per heavy atom. The van der Waals surface area contributed by atoms with Gasteiger partial charge in [0, 0.05) is 18.5 Å². The molecule has 34 heavy (non-hydrogen) atoms. The van der Waals surface area contributed by atoms with Gasteiger partial charge in [-0.2, -0.15) is 0 Å². The van der Waals surface area contributed by atoms with Crippen molar-refractivity contribution in [3.8, 4) is 0 Å². The molecule has 1 unspecified atom stereocenters. The molecule has 6 nitrogen and oxygen atoms in total. The summed E-state index contributed by atoms with van der Waals surface area (Å²) in [5, 5.41) is 11.1. The number of hydrogen-bond donors (Lipinski definition) is 2. The van der Waals surface area contributed by atoms with Gasteiger partial charge in [0.1, 0.15) is 24.7 Å². The Bertz CT molecular complexity index is 1060. The molecule has 180 valence electrons. The molecule has 0 aromatic heterocycles. The van der Waals surface area contributed by atoms with Crippen molar-refractivity contribution < 1.29 is 28.7 Å². The fourth-order valence-corrected chi connectivity index (χ4v) is 4.69. The predicted molar refractivity (Wildman–Crippen MR) is 127 cm³/mol. The standard InChI is InChI=1S/C27H31FN2O4/c1-18(2)19-4-6-20(7-5-19)24-23(25(31)21-8-10-22(28)11-9-21)26(32)27(33)30(24)13-3-12-29-14-16-34-17-15-29/h4-11,18,24,31H,3,12-17H2,1-2H3/p+1. The number of hydrogen-bond acceptors (Lipinski definition) is 4. The fourth-order valence-electron chi connectivity index (χ4n) is 4.69. The average molecular weight is 468 g/mol. The second-order valence-corrected chi connectivity index (χ2v) is 9.29. The summed E-state index contributed by atoms with van der Waals surface area (Å²) in [5.41, 5.74) is 2.27. The lowest BCUT2D eigenvalue weighted by Gasteiger charge is -2.27. The van der Waals surface area contributed by atoms with Crippen LogP contribution in [0.2, 0.25) is 0 Å². The molecular formula is C27H32FN2O4+. The Morgan fingerprint density at radius 1 is 1.09 bits per heavy atom. The van der Waals surface area contributed by atoms with Gasteiger partial charge in [-0.25, -0.2) is 4.39 Å². The number of nitrogens with one attached hydrogen (secondary N) is 1. The van der Waals surface area contributed by atoms with Gasteiger partial charge in [0.15, 0.2) is 0 Å². The molecule has 0 saturated carbocycles. The number of halogens is 1. The number of ketones is 1. The highest BCUT2D eigenvalue weighted by atomic mass is 19.1. The molecular weight excluding hydrogens is 435 g/mol. The summed E-state index contributed by atoms with van der Waals surface area (Å²) >= 11 is 0. The predicted octanol–water partition coefficient (Wildman–Crippen LogP) is 2.68. The maximum atomic E-state index is 13.4. The molecule has 2 aliphatic heterocycles. The van der Waals surface area contributed by atoms with E-state index in [1.807, 2.05) is 24.3 Å². The lowest BCUT2D eigenvalue weighted by molar-refractivity contribution is -0.908. The zero-order chi connectivity index (χ0) is 24.2. The van der Waals surface area contributed by atoms with E-state index < -0.39 is 23.5 Å². The highest BCUT2D eigenvalue weighted by Crippen LogP contribution is 2.39. The highest BCUT2D eigenvalue weighted by molar-refractivity contribution is 6.46. The van der Waals surface area contributed by atoms with Gasteiger partial charge in [-0.3, -0.25) is 9.59 Å². The molecule has 4 rings (SSSR count). The molecule has 0 aliphatic carbocycles. The lowest BCUT2D eigenvalue weighted by atomic mass is 9.93. The van der Waals surface area contributed by atoms with E-state index in [0.717, 1.165) is 50.4 Å². The minimum absolute atomic E-state index is 0.0487. The number of likely N-dealkylation sites (tertiary alicyclic amines) is 1. The first-order valence-corrected chi connectivity index (χ1v) is 11.9. The number of nitrogens with zero attached hydrogens (tertiary/aromatic N) is 1. The van der Waals surface area contributed by atoms with Crippen LogP contribution in [0, 0.1) is 5.82 Å². The molecule has 1 amide bonds. The van der Waals surface area contributed by atoms with E-state index >= 15 is 0 Å². The van der Waals surface area contributed by atoms with Gasteiger partial charge in [0.2, 0.25) is 0 Å². The molecule has 0 radical (unpaired) electrons. The van der Waals surface area contributed by atoms with Crippen molar-refractivity contribution in [1.29, 1.82) is 0 Å². The van der Waals surface area contributed by atoms with Crippen molar-refractivity contribution in [2.24, 2.45) is 0 Å². The Hall–Kier alpha value is -3.03. The second kappa shape index (κ2) is 10.5. The molecule has 2 heterocycles. The third-order valence-corrected chi connectivity index (χ3v) is 6.71. The summed E-state index contributed by atoms with van der Waals surface area (Å²) < 4.78 is 18.8. The third-order valence-electron chi connectivity index (χ3n) is 6.71. The largest absolute Gasteiger partial charge is 0.507 e. The molecule has 2 fully saturated rings. The molecule has 1 atom stereocenters. The summed E-state index contributed by atoms with van der Waals surface area (Å²) in [5.74, 6) is -1.70. The highest BCUT2D eigenvalue weighted by Gasteiger charge is 2.45. The van der Waals surface area contributed by atoms with Crippen LogP contribution in [0.3, 0.4) is 0 Å². The first kappa shape index (κ1) is 24.1. The summed E-state index contributed by atoms with van der Waals surface area (Å²) in [7, 11) is 0. The van der Waals surface area contributed by atoms with Crippen LogP contribution < -0.4 is 4.90 Å². The van der Waals surface area contributed by atoms with Gasteiger partial charge in [-0.1, -0.05) is 38.1 Å². The first-order valence-electron chi connectivity index (χ1n) is 11.9. The number of benzene rings is 2. The number of ether oxygens (including phenoxy) is 1. The molecule has 0 bridgehead atoms. The minimum Gasteiger partial charge on any atom is -0.507 e. The first-order chi connectivity index (χ1) is 16.4. The summed E-state index contributed by atoms with van der Waals surface area (Å²) in [4.78, 5) is 29.2. The Labute approximate surface area is 199 Å². The van der Waals surface area contributed by atoms with Crippen molar-refractivity contribution in [3.05, 3.63) is 76.6 Å². The zero-order valence-corrected chi connectivity index (χ0v) is 19.7. The van der Waals surface area contributed by atoms with Gasteiger partial charge < -0.3 is 19.6 Å². The average Bonchev–Trinajstić information content (AvgIpc) is 3.10. The van der Waals surface area contributed by atoms with Crippen molar-refractivity contribution in [1.82, 2.24) is 4.90 Å². The number of rotatable bonds is 7. The van der Waals surface area contributed by atoms with E-state index in [9.17, 15) is 19.1 Å². The normalized spacial score (nSPS) is 20.9. The van der Waals surface area contributed by atoms with Gasteiger partial charge >= 0.3 is 0 Å². The molecule has 2 N–H and O–H groups in total. The van der Waals surface area contributed by atoms with E-state index in [2.05, 4.69) is 13.8 Å². The summed E-state index contributed by atoms with van der Waals surface area (Å²) in [6.07, 6.45) is 0.736. The van der Waals surface area contributed by atoms with Crippen molar-refractivity contribution >= 4 is 17.4 Å². The van der Waals surface area contributed by atoms with Crippen LogP contribution in [0.15, 0.2) is 54.1 Å². The van der Waals surface area contributed by atoms with Crippen LogP contribution in [0.5, 0.6) is 0 Å². The van der Waals surface area contributed by atoms with Gasteiger partial charge in [0.25, 0.3) is 11.7 Å². The van der Waals surface area contributed by atoms with Crippen LogP contribution >= 0.6 is 0 Å². The van der Waals surface area contributed by atoms with Crippen LogP contribution in [-0.2, 0) is 14.3 Å². The van der Waals surface area contributed by atoms with Crippen molar-refractivity contribution in [3.63, 3.8) is 0 Å². The van der Waals surface area contributed by atoms with E-state index in [1.165, 1.54) is 29.2 Å². The van der Waals surface area contributed by atoms with Crippen LogP contribution in [0.4, 0.5) is 4.39 Å². The molecule has 2 saturated heterocycles. The monoisotopic (exact) mass is 467 g/mol. The van der Waals surface area contributed by atoms with E-state index in [-0.39, 0.29) is 11.3 Å². The topological polar surface area (TPSA) is 71.3 Å². The van der Waals surface area contributed by atoms with Gasteiger partial charge in [0.05, 0.1) is 31.4 Å². The number of aliphatic hydroxyl groups is 1. The number of aliphatic hydroxyl groups excluding tert-OH is 1. The van der Waals surface area contributed by atoms with Crippen LogP contribution in [-0.4, -0.2) is 61.1 Å². The molecule has 2 aliphatic rings.